The van der Waals surface area contributed by atoms with Crippen molar-refractivity contribution in [1.82, 2.24) is 4.98 Å². The van der Waals surface area contributed by atoms with E-state index in [9.17, 15) is 4.79 Å². The number of halogens is 2. The van der Waals surface area contributed by atoms with E-state index in [0.29, 0.717) is 8.25 Å². The van der Waals surface area contributed by atoms with E-state index in [2.05, 4.69) is 20.9 Å². The highest BCUT2D eigenvalue weighted by atomic mass is 79.9. The average Bonchev–Trinajstić information content (AvgIpc) is 2.10. The van der Waals surface area contributed by atoms with E-state index in [4.69, 9.17) is 17.3 Å². The molecule has 1 aromatic rings. The molecule has 10 heavy (non-hydrogen) atoms. The van der Waals surface area contributed by atoms with Crippen molar-refractivity contribution in [2.24, 2.45) is 5.73 Å². The van der Waals surface area contributed by atoms with Crippen molar-refractivity contribution in [3.8, 4) is 0 Å². The summed E-state index contributed by atoms with van der Waals surface area (Å²) in [5, 5.41) is 0. The van der Waals surface area contributed by atoms with Crippen molar-refractivity contribution in [3.63, 3.8) is 0 Å². The van der Waals surface area contributed by atoms with E-state index < -0.39 is 5.91 Å². The Labute approximate surface area is 74.3 Å². The lowest BCUT2D eigenvalue weighted by atomic mass is 10.5. The van der Waals surface area contributed by atoms with Gasteiger partial charge in [-0.3, -0.25) is 4.79 Å². The topological polar surface area (TPSA) is 56.0 Å². The molecule has 1 aromatic heterocycles. The van der Waals surface area contributed by atoms with Crippen LogP contribution in [0.5, 0.6) is 0 Å². The van der Waals surface area contributed by atoms with Gasteiger partial charge in [-0.2, -0.15) is 0 Å². The molecule has 0 saturated carbocycles. The maximum absolute atomic E-state index is 10.5. The summed E-state index contributed by atoms with van der Waals surface area (Å²) in [6, 6.07) is 0. The molecule has 0 bridgehead atoms. The number of nitrogens with two attached hydrogens (primary N) is 1. The third-order valence-electron chi connectivity index (χ3n) is 0.793. The van der Waals surface area contributed by atoms with Gasteiger partial charge in [0.05, 0.1) is 0 Å². The van der Waals surface area contributed by atoms with Crippen molar-refractivity contribution < 1.29 is 4.79 Å². The van der Waals surface area contributed by atoms with Crippen LogP contribution < -0.4 is 5.73 Å². The molecule has 3 nitrogen and oxygen atoms in total. The van der Waals surface area contributed by atoms with Crippen molar-refractivity contribution >= 4 is 44.8 Å². The van der Waals surface area contributed by atoms with Crippen LogP contribution in [-0.4, -0.2) is 10.9 Å². The average molecular weight is 241 g/mol. The SMILES string of the molecule is NC(=O)c1nc(Cl)sc1Br. The Hall–Kier alpha value is -0.130. The van der Waals surface area contributed by atoms with Crippen LogP contribution in [0.15, 0.2) is 3.79 Å². The minimum absolute atomic E-state index is 0.190. The van der Waals surface area contributed by atoms with Gasteiger partial charge in [-0.1, -0.05) is 22.9 Å². The van der Waals surface area contributed by atoms with Gasteiger partial charge in [0.2, 0.25) is 0 Å². The first-order chi connectivity index (χ1) is 4.61. The van der Waals surface area contributed by atoms with Crippen molar-refractivity contribution in [2.45, 2.75) is 0 Å². The van der Waals surface area contributed by atoms with Crippen molar-refractivity contribution in [1.29, 1.82) is 0 Å². The third-order valence-corrected chi connectivity index (χ3v) is 2.60. The fourth-order valence-corrected chi connectivity index (χ4v) is 2.30. The number of nitrogens with zero attached hydrogens (tertiary/aromatic N) is 1. The maximum atomic E-state index is 10.5. The van der Waals surface area contributed by atoms with Gasteiger partial charge in [-0.15, -0.1) is 0 Å². The molecule has 54 valence electrons. The standard InChI is InChI=1S/C4H2BrClN2OS/c5-2-1(3(7)9)8-4(6)10-2/h(H2,7,9). The second kappa shape index (κ2) is 2.86. The highest BCUT2D eigenvalue weighted by Crippen LogP contribution is 2.27. The van der Waals surface area contributed by atoms with E-state index in [1.54, 1.807) is 0 Å². The lowest BCUT2D eigenvalue weighted by Crippen LogP contribution is -2.11. The predicted molar refractivity (Wildman–Crippen MR) is 43.3 cm³/mol. The number of carbonyl (C=O) groups is 1. The highest BCUT2D eigenvalue weighted by molar-refractivity contribution is 9.11. The molecule has 1 amide bonds. The van der Waals surface area contributed by atoms with E-state index in [-0.39, 0.29) is 5.69 Å². The van der Waals surface area contributed by atoms with Crippen LogP contribution in [0.1, 0.15) is 10.5 Å². The quantitative estimate of drug-likeness (QED) is 0.813. The first-order valence-electron chi connectivity index (χ1n) is 2.23. The van der Waals surface area contributed by atoms with Crippen LogP contribution >= 0.6 is 38.9 Å². The van der Waals surface area contributed by atoms with Crippen LogP contribution in [0, 0.1) is 0 Å². The Morgan fingerprint density at radius 3 is 2.60 bits per heavy atom. The van der Waals surface area contributed by atoms with E-state index in [1.165, 1.54) is 11.3 Å². The first kappa shape index (κ1) is 7.97. The Bertz CT molecular complexity index is 274. The number of aromatic nitrogens is 1. The molecule has 0 aromatic carbocycles. The molecule has 0 fully saturated rings. The minimum atomic E-state index is -0.574. The second-order valence-electron chi connectivity index (χ2n) is 1.45. The molecule has 0 aliphatic heterocycles. The molecule has 0 atom stereocenters. The summed E-state index contributed by atoms with van der Waals surface area (Å²) in [5.41, 5.74) is 5.13. The molecule has 0 saturated heterocycles. The zero-order valence-corrected chi connectivity index (χ0v) is 7.76. The Morgan fingerprint density at radius 2 is 2.40 bits per heavy atom. The maximum Gasteiger partial charge on any atom is 0.269 e. The van der Waals surface area contributed by atoms with Crippen LogP contribution in [0.3, 0.4) is 0 Å². The summed E-state index contributed by atoms with van der Waals surface area (Å²) in [7, 11) is 0. The fourth-order valence-electron chi connectivity index (χ4n) is 0.429. The van der Waals surface area contributed by atoms with Crippen LogP contribution in [0.4, 0.5) is 0 Å². The molecule has 1 heterocycles. The summed E-state index contributed by atoms with van der Waals surface area (Å²) in [6.07, 6.45) is 0. The number of thiazole rings is 1. The van der Waals surface area contributed by atoms with E-state index in [1.807, 2.05) is 0 Å². The van der Waals surface area contributed by atoms with Gasteiger partial charge in [0.25, 0.3) is 5.91 Å². The molecule has 0 aliphatic rings. The molecule has 0 radical (unpaired) electrons. The Morgan fingerprint density at radius 1 is 1.80 bits per heavy atom. The largest absolute Gasteiger partial charge is 0.364 e. The smallest absolute Gasteiger partial charge is 0.269 e. The van der Waals surface area contributed by atoms with Crippen LogP contribution in [0.25, 0.3) is 0 Å². The van der Waals surface area contributed by atoms with Gasteiger partial charge in [0.15, 0.2) is 10.2 Å². The zero-order valence-electron chi connectivity index (χ0n) is 4.60. The molecule has 1 rings (SSSR count). The van der Waals surface area contributed by atoms with Gasteiger partial charge < -0.3 is 5.73 Å². The van der Waals surface area contributed by atoms with E-state index >= 15 is 0 Å². The van der Waals surface area contributed by atoms with Crippen LogP contribution in [0.2, 0.25) is 4.47 Å². The third kappa shape index (κ3) is 1.47. The predicted octanol–water partition coefficient (Wildman–Crippen LogP) is 1.66. The van der Waals surface area contributed by atoms with Gasteiger partial charge >= 0.3 is 0 Å². The Balaban J connectivity index is 3.15. The molecular formula is C4H2BrClN2OS. The summed E-state index contributed by atoms with van der Waals surface area (Å²) < 4.78 is 0.880. The van der Waals surface area contributed by atoms with Gasteiger partial charge in [-0.05, 0) is 15.9 Å². The zero-order chi connectivity index (χ0) is 7.72. The van der Waals surface area contributed by atoms with Crippen LogP contribution in [-0.2, 0) is 0 Å². The van der Waals surface area contributed by atoms with Gasteiger partial charge in [0.1, 0.15) is 3.79 Å². The normalized spacial score (nSPS) is 9.80. The van der Waals surface area contributed by atoms with Crippen molar-refractivity contribution in [2.75, 3.05) is 0 Å². The number of primary amides is 1. The highest BCUT2D eigenvalue weighted by Gasteiger charge is 2.11. The molecule has 6 heteroatoms. The number of hydrogen-bond acceptors (Lipinski definition) is 3. The van der Waals surface area contributed by atoms with E-state index in [0.717, 1.165) is 0 Å². The summed E-state index contributed by atoms with van der Waals surface area (Å²) in [5.74, 6) is -0.574. The first-order valence-corrected chi connectivity index (χ1v) is 4.21. The van der Waals surface area contributed by atoms with Gasteiger partial charge in [0, 0.05) is 0 Å². The monoisotopic (exact) mass is 240 g/mol. The lowest BCUT2D eigenvalue weighted by Gasteiger charge is -1.84. The number of carbonyl (C=O) groups excluding carboxylic acids is 1. The summed E-state index contributed by atoms with van der Waals surface area (Å²) >= 11 is 9.74. The summed E-state index contributed by atoms with van der Waals surface area (Å²) in [6.45, 7) is 0. The molecule has 0 unspecified atom stereocenters. The van der Waals surface area contributed by atoms with Gasteiger partial charge in [-0.25, -0.2) is 4.98 Å². The number of amides is 1. The second-order valence-corrected chi connectivity index (χ2v) is 4.35. The molecule has 2 N–H and O–H groups in total. The number of hydrogen-bond donors (Lipinski definition) is 1. The molecule has 0 aliphatic carbocycles. The Kier molecular flexibility index (Phi) is 2.28. The van der Waals surface area contributed by atoms with Crippen molar-refractivity contribution in [3.05, 3.63) is 13.9 Å². The fraction of sp³-hybridized carbons (Fsp3) is 0. The number of rotatable bonds is 1. The lowest BCUT2D eigenvalue weighted by molar-refractivity contribution is 0.0995. The molecule has 0 spiro atoms. The summed E-state index contributed by atoms with van der Waals surface area (Å²) in [4.78, 5) is 14.2. The molecular weight excluding hydrogens is 239 g/mol. The minimum Gasteiger partial charge on any atom is -0.364 e.